The Hall–Kier alpha value is -1.26. The molecule has 1 amide bonds. The quantitative estimate of drug-likeness (QED) is 0.842. The second kappa shape index (κ2) is 8.12. The van der Waals surface area contributed by atoms with E-state index in [9.17, 15) is 4.79 Å². The number of hydrogen-bond donors (Lipinski definition) is 2. The van der Waals surface area contributed by atoms with Gasteiger partial charge < -0.3 is 15.4 Å². The average molecular weight is 299 g/mol. The van der Waals surface area contributed by atoms with Gasteiger partial charge in [0.25, 0.3) is 0 Å². The molecule has 1 fully saturated rings. The van der Waals surface area contributed by atoms with Crippen LogP contribution in [0, 0.1) is 5.92 Å². The number of nitrogens with one attached hydrogen (secondary N) is 2. The lowest BCUT2D eigenvalue weighted by atomic mass is 10.0. The lowest BCUT2D eigenvalue weighted by molar-refractivity contribution is -0.120. The highest BCUT2D eigenvalue weighted by molar-refractivity contribution is 5.85. The molecule has 20 heavy (non-hydrogen) atoms. The minimum Gasteiger partial charge on any atom is -0.491 e. The third kappa shape index (κ3) is 5.02. The lowest BCUT2D eigenvalue weighted by Crippen LogP contribution is -2.48. The fraction of sp³-hybridized carbons (Fsp3) is 0.533. The van der Waals surface area contributed by atoms with E-state index in [0.717, 1.165) is 30.9 Å². The molecule has 0 radical (unpaired) electrons. The Kier molecular flexibility index (Phi) is 6.82. The van der Waals surface area contributed by atoms with Crippen LogP contribution in [0.1, 0.15) is 19.4 Å². The molecule has 0 saturated carbocycles. The number of ether oxygens (including phenoxy) is 1. The highest BCUT2D eigenvalue weighted by Crippen LogP contribution is 2.19. The Balaban J connectivity index is 0.00000200. The van der Waals surface area contributed by atoms with Gasteiger partial charge in [0.05, 0.1) is 12.5 Å². The number of hydrogen-bond acceptors (Lipinski definition) is 3. The Morgan fingerprint density at radius 2 is 2.10 bits per heavy atom. The number of rotatable bonds is 6. The molecule has 1 aromatic carbocycles. The molecule has 1 aliphatic heterocycles. The summed E-state index contributed by atoms with van der Waals surface area (Å²) < 4.78 is 5.71. The summed E-state index contributed by atoms with van der Waals surface area (Å²) in [4.78, 5) is 11.9. The second-order valence-corrected chi connectivity index (χ2v) is 5.28. The number of halogens is 1. The predicted octanol–water partition coefficient (Wildman–Crippen LogP) is 1.77. The van der Waals surface area contributed by atoms with Crippen LogP contribution in [-0.4, -0.2) is 31.6 Å². The van der Waals surface area contributed by atoms with Crippen LogP contribution in [0.25, 0.3) is 0 Å². The first-order chi connectivity index (χ1) is 9.15. The van der Waals surface area contributed by atoms with Crippen LogP contribution in [-0.2, 0) is 11.2 Å². The first-order valence-corrected chi connectivity index (χ1v) is 6.87. The standard InChI is InChI=1S/C15H22N2O2.ClH/c1-11(2)19-14-6-4-3-5-13(14)7-15(18)17-10-12-8-16-9-12;/h3-6,11-12,16H,7-10H2,1-2H3,(H,17,18);1H. The van der Waals surface area contributed by atoms with Crippen molar-refractivity contribution in [3.05, 3.63) is 29.8 Å². The summed E-state index contributed by atoms with van der Waals surface area (Å²) in [6.07, 6.45) is 0.494. The van der Waals surface area contributed by atoms with Crippen LogP contribution in [0.3, 0.4) is 0 Å². The highest BCUT2D eigenvalue weighted by Gasteiger charge is 2.17. The number of amides is 1. The lowest BCUT2D eigenvalue weighted by Gasteiger charge is -2.27. The summed E-state index contributed by atoms with van der Waals surface area (Å²) in [6, 6.07) is 7.73. The summed E-state index contributed by atoms with van der Waals surface area (Å²) >= 11 is 0. The van der Waals surface area contributed by atoms with Gasteiger partial charge in [-0.25, -0.2) is 0 Å². The Labute approximate surface area is 126 Å². The molecule has 2 N–H and O–H groups in total. The van der Waals surface area contributed by atoms with Crippen molar-refractivity contribution in [2.24, 2.45) is 5.92 Å². The largest absolute Gasteiger partial charge is 0.491 e. The van der Waals surface area contributed by atoms with Crippen LogP contribution in [0.2, 0.25) is 0 Å². The van der Waals surface area contributed by atoms with Gasteiger partial charge in [-0.3, -0.25) is 4.79 Å². The van der Waals surface area contributed by atoms with Crippen LogP contribution >= 0.6 is 12.4 Å². The van der Waals surface area contributed by atoms with Gasteiger partial charge in [-0.15, -0.1) is 12.4 Å². The fourth-order valence-electron chi connectivity index (χ4n) is 2.01. The van der Waals surface area contributed by atoms with Gasteiger partial charge in [-0.1, -0.05) is 18.2 Å². The SMILES string of the molecule is CC(C)Oc1ccccc1CC(=O)NCC1CNC1.Cl. The van der Waals surface area contributed by atoms with Gasteiger partial charge in [0.2, 0.25) is 5.91 Å². The van der Waals surface area contributed by atoms with Crippen molar-refractivity contribution in [1.82, 2.24) is 10.6 Å². The number of carbonyl (C=O) groups is 1. The zero-order valence-electron chi connectivity index (χ0n) is 12.0. The minimum absolute atomic E-state index is 0. The molecule has 0 bridgehead atoms. The minimum atomic E-state index is 0. The number of carbonyl (C=O) groups excluding carboxylic acids is 1. The summed E-state index contributed by atoms with van der Waals surface area (Å²) in [5, 5.41) is 6.17. The topological polar surface area (TPSA) is 50.4 Å². The van der Waals surface area contributed by atoms with Crippen LogP contribution in [0.4, 0.5) is 0 Å². The maximum absolute atomic E-state index is 11.9. The zero-order chi connectivity index (χ0) is 13.7. The van der Waals surface area contributed by atoms with E-state index in [0.29, 0.717) is 12.3 Å². The van der Waals surface area contributed by atoms with E-state index < -0.39 is 0 Å². The molecular formula is C15H23ClN2O2. The molecule has 1 saturated heterocycles. The van der Waals surface area contributed by atoms with E-state index in [1.54, 1.807) is 0 Å². The molecule has 1 heterocycles. The van der Waals surface area contributed by atoms with Gasteiger partial charge in [-0.05, 0) is 19.9 Å². The average Bonchev–Trinajstić information content (AvgIpc) is 2.29. The van der Waals surface area contributed by atoms with Gasteiger partial charge >= 0.3 is 0 Å². The van der Waals surface area contributed by atoms with E-state index in [2.05, 4.69) is 10.6 Å². The van der Waals surface area contributed by atoms with Crippen LogP contribution in [0.15, 0.2) is 24.3 Å². The summed E-state index contributed by atoms with van der Waals surface area (Å²) in [6.45, 7) is 6.75. The maximum atomic E-state index is 11.9. The van der Waals surface area contributed by atoms with Gasteiger partial charge in [0.15, 0.2) is 0 Å². The molecule has 112 valence electrons. The van der Waals surface area contributed by atoms with Crippen molar-refractivity contribution in [3.63, 3.8) is 0 Å². The van der Waals surface area contributed by atoms with Crippen LogP contribution < -0.4 is 15.4 Å². The van der Waals surface area contributed by atoms with Gasteiger partial charge in [0.1, 0.15) is 5.75 Å². The molecule has 0 aromatic heterocycles. The van der Waals surface area contributed by atoms with E-state index >= 15 is 0 Å². The molecule has 0 atom stereocenters. The van der Waals surface area contributed by atoms with Gasteiger partial charge in [-0.2, -0.15) is 0 Å². The molecule has 1 aromatic rings. The Morgan fingerprint density at radius 1 is 1.40 bits per heavy atom. The van der Waals surface area contributed by atoms with Crippen molar-refractivity contribution >= 4 is 18.3 Å². The van der Waals surface area contributed by atoms with Crippen molar-refractivity contribution in [1.29, 1.82) is 0 Å². The third-order valence-corrected chi connectivity index (χ3v) is 3.14. The van der Waals surface area contributed by atoms with E-state index in [4.69, 9.17) is 4.74 Å². The molecule has 0 spiro atoms. The number of benzene rings is 1. The van der Waals surface area contributed by atoms with Gasteiger partial charge in [0, 0.05) is 31.1 Å². The zero-order valence-corrected chi connectivity index (χ0v) is 12.8. The normalized spacial score (nSPS) is 14.3. The summed E-state index contributed by atoms with van der Waals surface area (Å²) in [7, 11) is 0. The molecule has 1 aliphatic rings. The van der Waals surface area contributed by atoms with Crippen molar-refractivity contribution < 1.29 is 9.53 Å². The molecular weight excluding hydrogens is 276 g/mol. The molecule has 0 aliphatic carbocycles. The molecule has 5 heteroatoms. The first kappa shape index (κ1) is 16.8. The monoisotopic (exact) mass is 298 g/mol. The molecule has 0 unspecified atom stereocenters. The third-order valence-electron chi connectivity index (χ3n) is 3.14. The smallest absolute Gasteiger partial charge is 0.224 e. The summed E-state index contributed by atoms with van der Waals surface area (Å²) in [5.41, 5.74) is 0.945. The fourth-order valence-corrected chi connectivity index (χ4v) is 2.01. The van der Waals surface area contributed by atoms with E-state index in [1.807, 2.05) is 38.1 Å². The van der Waals surface area contributed by atoms with Crippen molar-refractivity contribution in [3.8, 4) is 5.75 Å². The van der Waals surface area contributed by atoms with Crippen molar-refractivity contribution in [2.75, 3.05) is 19.6 Å². The van der Waals surface area contributed by atoms with Crippen LogP contribution in [0.5, 0.6) is 5.75 Å². The molecule has 4 nitrogen and oxygen atoms in total. The highest BCUT2D eigenvalue weighted by atomic mass is 35.5. The Bertz CT molecular complexity index is 434. The van der Waals surface area contributed by atoms with E-state index in [-0.39, 0.29) is 24.4 Å². The summed E-state index contributed by atoms with van der Waals surface area (Å²) in [5.74, 6) is 1.45. The van der Waals surface area contributed by atoms with Crippen molar-refractivity contribution in [2.45, 2.75) is 26.4 Å². The second-order valence-electron chi connectivity index (χ2n) is 5.28. The predicted molar refractivity (Wildman–Crippen MR) is 82.5 cm³/mol. The maximum Gasteiger partial charge on any atom is 0.224 e. The van der Waals surface area contributed by atoms with E-state index in [1.165, 1.54) is 0 Å². The first-order valence-electron chi connectivity index (χ1n) is 6.87. The molecule has 2 rings (SSSR count). The Morgan fingerprint density at radius 3 is 2.70 bits per heavy atom. The number of para-hydroxylation sites is 1.